The molecular formula is C26H23ClFNO5. The Morgan fingerprint density at radius 3 is 2.44 bits per heavy atom. The van der Waals surface area contributed by atoms with E-state index in [2.05, 4.69) is 0 Å². The molecule has 8 heteroatoms. The summed E-state index contributed by atoms with van der Waals surface area (Å²) in [7, 11) is 0. The lowest BCUT2D eigenvalue weighted by Gasteiger charge is -2.23. The Kier molecular flexibility index (Phi) is 6.23. The maximum atomic E-state index is 13.8. The SMILES string of the molecule is Cc1ccc(C2/C(=C(/O)c3ccc(OC(C)C)c(C)c3)C(=O)C(=O)N2c2ccc(F)c(Cl)c2)o1. The summed E-state index contributed by atoms with van der Waals surface area (Å²) in [5, 5.41) is 11.0. The van der Waals surface area contributed by atoms with Crippen LogP contribution in [0.1, 0.15) is 42.5 Å². The van der Waals surface area contributed by atoms with Gasteiger partial charge in [0.05, 0.1) is 16.7 Å². The zero-order chi connectivity index (χ0) is 24.7. The lowest BCUT2D eigenvalue weighted by atomic mass is 9.98. The molecule has 0 aliphatic carbocycles. The lowest BCUT2D eigenvalue weighted by molar-refractivity contribution is -0.132. The minimum atomic E-state index is -1.07. The molecule has 1 N–H and O–H groups in total. The van der Waals surface area contributed by atoms with Gasteiger partial charge in [0.15, 0.2) is 0 Å². The Morgan fingerprint density at radius 2 is 1.85 bits per heavy atom. The molecular weight excluding hydrogens is 461 g/mol. The second kappa shape index (κ2) is 8.99. The Hall–Kier alpha value is -3.58. The highest BCUT2D eigenvalue weighted by Crippen LogP contribution is 2.43. The van der Waals surface area contributed by atoms with Crippen molar-refractivity contribution in [3.05, 3.63) is 87.6 Å². The monoisotopic (exact) mass is 483 g/mol. The van der Waals surface area contributed by atoms with Crippen LogP contribution in [0.15, 0.2) is 58.5 Å². The van der Waals surface area contributed by atoms with Gasteiger partial charge in [0.2, 0.25) is 0 Å². The number of Topliss-reactive ketones (excluding diaryl/α,β-unsaturated/α-hetero) is 1. The summed E-state index contributed by atoms with van der Waals surface area (Å²) in [4.78, 5) is 27.4. The van der Waals surface area contributed by atoms with E-state index >= 15 is 0 Å². The molecule has 0 spiro atoms. The maximum Gasteiger partial charge on any atom is 0.300 e. The Balaban J connectivity index is 1.88. The first-order chi connectivity index (χ1) is 16.1. The van der Waals surface area contributed by atoms with E-state index in [9.17, 15) is 19.1 Å². The van der Waals surface area contributed by atoms with Gasteiger partial charge in [-0.2, -0.15) is 0 Å². The molecule has 0 radical (unpaired) electrons. The number of aryl methyl sites for hydroxylation is 2. The van der Waals surface area contributed by atoms with Gasteiger partial charge in [0.1, 0.15) is 34.9 Å². The van der Waals surface area contributed by atoms with Crippen molar-refractivity contribution < 1.29 is 28.2 Å². The summed E-state index contributed by atoms with van der Waals surface area (Å²) in [6.07, 6.45) is -0.0341. The van der Waals surface area contributed by atoms with Gasteiger partial charge < -0.3 is 14.3 Å². The van der Waals surface area contributed by atoms with Crippen LogP contribution < -0.4 is 9.64 Å². The van der Waals surface area contributed by atoms with Crippen LogP contribution in [0.25, 0.3) is 5.76 Å². The highest BCUT2D eigenvalue weighted by atomic mass is 35.5. The zero-order valence-corrected chi connectivity index (χ0v) is 19.8. The fourth-order valence-corrected chi connectivity index (χ4v) is 4.12. The predicted octanol–water partition coefficient (Wildman–Crippen LogP) is 6.10. The number of ether oxygens (including phenoxy) is 1. The first-order valence-corrected chi connectivity index (χ1v) is 11.1. The Morgan fingerprint density at radius 1 is 1.12 bits per heavy atom. The average molecular weight is 484 g/mol. The second-order valence-corrected chi connectivity index (χ2v) is 8.77. The molecule has 0 bridgehead atoms. The molecule has 0 saturated carbocycles. The van der Waals surface area contributed by atoms with Crippen LogP contribution in [0.2, 0.25) is 5.02 Å². The van der Waals surface area contributed by atoms with E-state index in [1.54, 1.807) is 37.3 Å². The fourth-order valence-electron chi connectivity index (χ4n) is 3.94. The zero-order valence-electron chi connectivity index (χ0n) is 19.1. The Labute approximate surface area is 201 Å². The largest absolute Gasteiger partial charge is 0.507 e. The van der Waals surface area contributed by atoms with Gasteiger partial charge >= 0.3 is 0 Å². The highest BCUT2D eigenvalue weighted by molar-refractivity contribution is 6.51. The molecule has 1 aliphatic rings. The van der Waals surface area contributed by atoms with Gasteiger partial charge in [-0.1, -0.05) is 11.6 Å². The summed E-state index contributed by atoms with van der Waals surface area (Å²) >= 11 is 5.94. The first-order valence-electron chi connectivity index (χ1n) is 10.7. The van der Waals surface area contributed by atoms with Crippen molar-refractivity contribution in [2.24, 2.45) is 0 Å². The molecule has 1 fully saturated rings. The molecule has 2 aromatic carbocycles. The van der Waals surface area contributed by atoms with E-state index < -0.39 is 23.5 Å². The third-order valence-electron chi connectivity index (χ3n) is 5.47. The molecule has 4 rings (SSSR count). The van der Waals surface area contributed by atoms with Gasteiger partial charge in [-0.15, -0.1) is 0 Å². The smallest absolute Gasteiger partial charge is 0.300 e. The molecule has 1 atom stereocenters. The lowest BCUT2D eigenvalue weighted by Crippen LogP contribution is -2.29. The van der Waals surface area contributed by atoms with Crippen LogP contribution in [-0.2, 0) is 9.59 Å². The number of ketones is 1. The van der Waals surface area contributed by atoms with Crippen LogP contribution in [0.4, 0.5) is 10.1 Å². The normalized spacial score (nSPS) is 17.6. The van der Waals surface area contributed by atoms with Gasteiger partial charge in [-0.3, -0.25) is 14.5 Å². The third-order valence-corrected chi connectivity index (χ3v) is 5.76. The number of nitrogens with zero attached hydrogens (tertiary/aromatic N) is 1. The van der Waals surface area contributed by atoms with Crippen molar-refractivity contribution >= 4 is 34.7 Å². The number of halogens is 2. The molecule has 6 nitrogen and oxygen atoms in total. The number of rotatable bonds is 5. The minimum absolute atomic E-state index is 0.0341. The molecule has 3 aromatic rings. The standard InChI is InChI=1S/C26H23ClFNO5/c1-13(2)33-20-10-6-16(11-14(20)3)24(30)22-23(21-9-5-15(4)34-21)29(26(32)25(22)31)17-7-8-19(28)18(27)12-17/h5-13,23,30H,1-4H3/b24-22-. The van der Waals surface area contributed by atoms with Crippen molar-refractivity contribution in [1.29, 1.82) is 0 Å². The predicted molar refractivity (Wildman–Crippen MR) is 127 cm³/mol. The molecule has 1 amide bonds. The van der Waals surface area contributed by atoms with Crippen molar-refractivity contribution in [2.75, 3.05) is 4.90 Å². The molecule has 1 saturated heterocycles. The average Bonchev–Trinajstić information content (AvgIpc) is 3.32. The second-order valence-electron chi connectivity index (χ2n) is 8.36. The number of carbonyl (C=O) groups excluding carboxylic acids is 2. The first kappa shape index (κ1) is 23.6. The quantitative estimate of drug-likeness (QED) is 0.269. The van der Waals surface area contributed by atoms with Crippen molar-refractivity contribution in [3.63, 3.8) is 0 Å². The number of aliphatic hydroxyl groups excluding tert-OH is 1. The fraction of sp³-hybridized carbons (Fsp3) is 0.231. The number of hydrogen-bond acceptors (Lipinski definition) is 5. The van der Waals surface area contributed by atoms with Crippen LogP contribution in [0.5, 0.6) is 5.75 Å². The van der Waals surface area contributed by atoms with Crippen LogP contribution in [0.3, 0.4) is 0 Å². The number of furan rings is 1. The summed E-state index contributed by atoms with van der Waals surface area (Å²) in [5.74, 6) is -1.32. The van der Waals surface area contributed by atoms with Crippen molar-refractivity contribution in [2.45, 2.75) is 39.8 Å². The summed E-state index contributed by atoms with van der Waals surface area (Å²) in [6.45, 7) is 7.35. The third kappa shape index (κ3) is 4.19. The van der Waals surface area contributed by atoms with E-state index in [1.165, 1.54) is 12.1 Å². The molecule has 2 heterocycles. The van der Waals surface area contributed by atoms with E-state index in [-0.39, 0.29) is 33.9 Å². The van der Waals surface area contributed by atoms with E-state index in [4.69, 9.17) is 20.8 Å². The summed E-state index contributed by atoms with van der Waals surface area (Å²) < 4.78 is 25.3. The van der Waals surface area contributed by atoms with Crippen LogP contribution in [-0.4, -0.2) is 22.9 Å². The Bertz CT molecular complexity index is 1330. The topological polar surface area (TPSA) is 80.0 Å². The van der Waals surface area contributed by atoms with Gasteiger partial charge in [0, 0.05) is 11.3 Å². The summed E-state index contributed by atoms with van der Waals surface area (Å²) in [6, 6.07) is 11.0. The number of aliphatic hydroxyl groups is 1. The van der Waals surface area contributed by atoms with Gasteiger partial charge in [0.25, 0.3) is 11.7 Å². The number of carbonyl (C=O) groups is 2. The number of anilines is 1. The summed E-state index contributed by atoms with van der Waals surface area (Å²) in [5.41, 5.74) is 1.15. The van der Waals surface area contributed by atoms with Gasteiger partial charge in [-0.05, 0) is 81.8 Å². The van der Waals surface area contributed by atoms with Crippen molar-refractivity contribution in [3.8, 4) is 5.75 Å². The molecule has 176 valence electrons. The number of benzene rings is 2. The molecule has 1 unspecified atom stereocenters. The molecule has 34 heavy (non-hydrogen) atoms. The minimum Gasteiger partial charge on any atom is -0.507 e. The van der Waals surface area contributed by atoms with E-state index in [0.29, 0.717) is 17.1 Å². The van der Waals surface area contributed by atoms with E-state index in [0.717, 1.165) is 16.5 Å². The van der Waals surface area contributed by atoms with Crippen molar-refractivity contribution in [1.82, 2.24) is 0 Å². The number of amides is 1. The highest BCUT2D eigenvalue weighted by Gasteiger charge is 2.48. The number of hydrogen-bond donors (Lipinski definition) is 1. The van der Waals surface area contributed by atoms with Gasteiger partial charge in [-0.25, -0.2) is 4.39 Å². The van der Waals surface area contributed by atoms with Crippen LogP contribution >= 0.6 is 11.6 Å². The maximum absolute atomic E-state index is 13.8. The molecule has 1 aliphatic heterocycles. The molecule has 1 aromatic heterocycles. The van der Waals surface area contributed by atoms with Crippen LogP contribution in [0, 0.1) is 19.7 Å². The van der Waals surface area contributed by atoms with E-state index in [1.807, 2.05) is 20.8 Å².